The summed E-state index contributed by atoms with van der Waals surface area (Å²) in [4.78, 5) is 24.6. The lowest BCUT2D eigenvalue weighted by Gasteiger charge is -2.19. The molecule has 0 bridgehead atoms. The first-order valence-corrected chi connectivity index (χ1v) is 6.23. The Morgan fingerprint density at radius 2 is 2.00 bits per heavy atom. The average Bonchev–Trinajstić information content (AvgIpc) is 2.75. The SMILES string of the molecule is CC(CCN(C)C)NC(=O)C1CCC(C(=O)O)O1. The van der Waals surface area contributed by atoms with Crippen molar-refractivity contribution < 1.29 is 19.4 Å². The number of aliphatic carboxylic acids is 1. The lowest BCUT2D eigenvalue weighted by molar-refractivity contribution is -0.151. The van der Waals surface area contributed by atoms with E-state index in [0.29, 0.717) is 12.8 Å². The van der Waals surface area contributed by atoms with Crippen LogP contribution in [0.3, 0.4) is 0 Å². The van der Waals surface area contributed by atoms with Crippen molar-refractivity contribution in [2.45, 2.75) is 44.4 Å². The Balaban J connectivity index is 2.31. The number of carbonyl (C=O) groups excluding carboxylic acids is 1. The number of carboxylic acids is 1. The smallest absolute Gasteiger partial charge is 0.332 e. The third kappa shape index (κ3) is 4.62. The number of nitrogens with one attached hydrogen (secondary N) is 1. The van der Waals surface area contributed by atoms with E-state index < -0.39 is 18.2 Å². The molecule has 1 amide bonds. The minimum Gasteiger partial charge on any atom is -0.479 e. The largest absolute Gasteiger partial charge is 0.479 e. The van der Waals surface area contributed by atoms with E-state index in [1.807, 2.05) is 21.0 Å². The summed E-state index contributed by atoms with van der Waals surface area (Å²) >= 11 is 0. The summed E-state index contributed by atoms with van der Waals surface area (Å²) in [6.45, 7) is 2.83. The molecule has 0 aromatic rings. The zero-order valence-corrected chi connectivity index (χ0v) is 11.2. The lowest BCUT2D eigenvalue weighted by atomic mass is 10.1. The van der Waals surface area contributed by atoms with Crippen LogP contribution in [-0.4, -0.2) is 60.8 Å². The molecule has 1 aliphatic rings. The van der Waals surface area contributed by atoms with Gasteiger partial charge in [0, 0.05) is 6.04 Å². The van der Waals surface area contributed by atoms with E-state index in [1.165, 1.54) is 0 Å². The first kappa shape index (κ1) is 14.9. The highest BCUT2D eigenvalue weighted by molar-refractivity contribution is 5.82. The summed E-state index contributed by atoms with van der Waals surface area (Å²) in [5.41, 5.74) is 0. The van der Waals surface area contributed by atoms with E-state index in [9.17, 15) is 9.59 Å². The minimum atomic E-state index is -0.994. The molecule has 3 atom stereocenters. The van der Waals surface area contributed by atoms with Crippen molar-refractivity contribution in [3.8, 4) is 0 Å². The van der Waals surface area contributed by atoms with Crippen molar-refractivity contribution in [1.82, 2.24) is 10.2 Å². The van der Waals surface area contributed by atoms with Gasteiger partial charge in [-0.25, -0.2) is 4.79 Å². The summed E-state index contributed by atoms with van der Waals surface area (Å²) < 4.78 is 5.19. The van der Waals surface area contributed by atoms with Crippen LogP contribution in [0.5, 0.6) is 0 Å². The van der Waals surface area contributed by atoms with Crippen LogP contribution in [0.2, 0.25) is 0 Å². The molecule has 0 aromatic heterocycles. The Hall–Kier alpha value is -1.14. The maximum absolute atomic E-state index is 11.8. The highest BCUT2D eigenvalue weighted by Gasteiger charge is 2.34. The van der Waals surface area contributed by atoms with Crippen LogP contribution >= 0.6 is 0 Å². The molecule has 1 fully saturated rings. The Kier molecular flexibility index (Phi) is 5.55. The average molecular weight is 258 g/mol. The zero-order valence-electron chi connectivity index (χ0n) is 11.2. The monoisotopic (exact) mass is 258 g/mol. The molecule has 0 spiro atoms. The van der Waals surface area contributed by atoms with Gasteiger partial charge in [-0.1, -0.05) is 0 Å². The van der Waals surface area contributed by atoms with Gasteiger partial charge in [0.05, 0.1) is 0 Å². The molecule has 1 rings (SSSR count). The van der Waals surface area contributed by atoms with Gasteiger partial charge in [0.25, 0.3) is 0 Å². The number of amides is 1. The van der Waals surface area contributed by atoms with E-state index in [-0.39, 0.29) is 11.9 Å². The topological polar surface area (TPSA) is 78.9 Å². The molecule has 2 N–H and O–H groups in total. The summed E-state index contributed by atoms with van der Waals surface area (Å²) in [6, 6.07) is 0.0624. The number of carbonyl (C=O) groups is 2. The van der Waals surface area contributed by atoms with Gasteiger partial charge in [-0.15, -0.1) is 0 Å². The van der Waals surface area contributed by atoms with Crippen molar-refractivity contribution in [2.24, 2.45) is 0 Å². The fraction of sp³-hybridized carbons (Fsp3) is 0.833. The molecule has 0 saturated carbocycles. The Labute approximate surface area is 107 Å². The summed E-state index contributed by atoms with van der Waals surface area (Å²) in [6.07, 6.45) is 0.280. The summed E-state index contributed by atoms with van der Waals surface area (Å²) in [7, 11) is 3.96. The molecular formula is C12H22N2O4. The van der Waals surface area contributed by atoms with E-state index in [1.54, 1.807) is 0 Å². The van der Waals surface area contributed by atoms with Crippen LogP contribution in [-0.2, 0) is 14.3 Å². The van der Waals surface area contributed by atoms with Crippen LogP contribution in [0.1, 0.15) is 26.2 Å². The lowest BCUT2D eigenvalue weighted by Crippen LogP contribution is -2.41. The van der Waals surface area contributed by atoms with Crippen LogP contribution in [0.15, 0.2) is 0 Å². The third-order valence-corrected chi connectivity index (χ3v) is 2.99. The molecule has 6 heteroatoms. The summed E-state index contributed by atoms with van der Waals surface area (Å²) in [5, 5.41) is 11.6. The van der Waals surface area contributed by atoms with Gasteiger partial charge in [-0.2, -0.15) is 0 Å². The van der Waals surface area contributed by atoms with Crippen molar-refractivity contribution >= 4 is 11.9 Å². The molecule has 1 saturated heterocycles. The molecule has 3 unspecified atom stereocenters. The maximum Gasteiger partial charge on any atom is 0.332 e. The first-order valence-electron chi connectivity index (χ1n) is 6.23. The molecular weight excluding hydrogens is 236 g/mol. The van der Waals surface area contributed by atoms with Crippen LogP contribution in [0.25, 0.3) is 0 Å². The van der Waals surface area contributed by atoms with E-state index in [2.05, 4.69) is 10.2 Å². The quantitative estimate of drug-likeness (QED) is 0.705. The fourth-order valence-corrected chi connectivity index (χ4v) is 1.87. The van der Waals surface area contributed by atoms with Gasteiger partial charge >= 0.3 is 5.97 Å². The molecule has 0 aromatic carbocycles. The van der Waals surface area contributed by atoms with Crippen molar-refractivity contribution in [2.75, 3.05) is 20.6 Å². The number of rotatable bonds is 6. The number of ether oxygens (including phenoxy) is 1. The number of nitrogens with zero attached hydrogens (tertiary/aromatic N) is 1. The standard InChI is InChI=1S/C12H22N2O4/c1-8(6-7-14(2)3)13-11(15)9-4-5-10(18-9)12(16)17/h8-10H,4-7H2,1-3H3,(H,13,15)(H,16,17). The minimum absolute atomic E-state index is 0.0624. The van der Waals surface area contributed by atoms with Gasteiger partial charge in [-0.05, 0) is 46.8 Å². The molecule has 104 valence electrons. The van der Waals surface area contributed by atoms with Crippen molar-refractivity contribution in [3.63, 3.8) is 0 Å². The molecule has 0 aliphatic carbocycles. The van der Waals surface area contributed by atoms with Gasteiger partial charge in [-0.3, -0.25) is 4.79 Å². The van der Waals surface area contributed by atoms with Gasteiger partial charge < -0.3 is 20.1 Å². The number of carboxylic acid groups (broad SMARTS) is 1. The van der Waals surface area contributed by atoms with Crippen LogP contribution < -0.4 is 5.32 Å². The van der Waals surface area contributed by atoms with E-state index in [4.69, 9.17) is 9.84 Å². The number of hydrogen-bond acceptors (Lipinski definition) is 4. The second-order valence-corrected chi connectivity index (χ2v) is 5.03. The van der Waals surface area contributed by atoms with Gasteiger partial charge in [0.1, 0.15) is 6.10 Å². The van der Waals surface area contributed by atoms with E-state index >= 15 is 0 Å². The van der Waals surface area contributed by atoms with Gasteiger partial charge in [0.15, 0.2) is 6.10 Å². The van der Waals surface area contributed by atoms with E-state index in [0.717, 1.165) is 13.0 Å². The molecule has 1 aliphatic heterocycles. The predicted molar refractivity (Wildman–Crippen MR) is 66.3 cm³/mol. The van der Waals surface area contributed by atoms with Crippen molar-refractivity contribution in [1.29, 1.82) is 0 Å². The molecule has 1 heterocycles. The predicted octanol–water partition coefficient (Wildman–Crippen LogP) is 0.0750. The molecule has 18 heavy (non-hydrogen) atoms. The first-order chi connectivity index (χ1) is 8.40. The highest BCUT2D eigenvalue weighted by atomic mass is 16.5. The highest BCUT2D eigenvalue weighted by Crippen LogP contribution is 2.20. The second-order valence-electron chi connectivity index (χ2n) is 5.03. The summed E-state index contributed by atoms with van der Waals surface area (Å²) in [5.74, 6) is -1.20. The Bertz CT molecular complexity index is 306. The van der Waals surface area contributed by atoms with Gasteiger partial charge in [0.2, 0.25) is 5.91 Å². The second kappa shape index (κ2) is 6.70. The normalized spacial score (nSPS) is 25.1. The van der Waals surface area contributed by atoms with Crippen molar-refractivity contribution in [3.05, 3.63) is 0 Å². The molecule has 6 nitrogen and oxygen atoms in total. The Morgan fingerprint density at radius 1 is 1.39 bits per heavy atom. The zero-order chi connectivity index (χ0) is 13.7. The maximum atomic E-state index is 11.8. The Morgan fingerprint density at radius 3 is 2.50 bits per heavy atom. The number of hydrogen-bond donors (Lipinski definition) is 2. The van der Waals surface area contributed by atoms with Crippen LogP contribution in [0.4, 0.5) is 0 Å². The third-order valence-electron chi connectivity index (χ3n) is 2.99. The fourth-order valence-electron chi connectivity index (χ4n) is 1.87. The van der Waals surface area contributed by atoms with Crippen LogP contribution in [0, 0.1) is 0 Å². The molecule has 0 radical (unpaired) electrons.